The molecule has 19 heavy (non-hydrogen) atoms. The standard InChI is InChI=1S/C13H15BrN2O3/c1-4-5-6-16-11(10(7-17)15-13(16)14)12(18)19-8-9(2)3/h7,9H,6,8H2,1-3H3. The summed E-state index contributed by atoms with van der Waals surface area (Å²) in [5, 5.41) is 0. The van der Waals surface area contributed by atoms with Crippen molar-refractivity contribution in [2.24, 2.45) is 5.92 Å². The second kappa shape index (κ2) is 7.10. The number of imidazole rings is 1. The number of esters is 1. The van der Waals surface area contributed by atoms with Crippen LogP contribution in [0.2, 0.25) is 0 Å². The maximum absolute atomic E-state index is 12.0. The van der Waals surface area contributed by atoms with Gasteiger partial charge in [0.1, 0.15) is 5.69 Å². The molecule has 0 saturated heterocycles. The van der Waals surface area contributed by atoms with Gasteiger partial charge in [-0.05, 0) is 28.8 Å². The summed E-state index contributed by atoms with van der Waals surface area (Å²) in [5.74, 6) is 5.21. The molecule has 0 aromatic carbocycles. The SMILES string of the molecule is CC#CCn1c(Br)nc(C=O)c1C(=O)OCC(C)C. The monoisotopic (exact) mass is 326 g/mol. The summed E-state index contributed by atoms with van der Waals surface area (Å²) in [4.78, 5) is 27.0. The highest BCUT2D eigenvalue weighted by Crippen LogP contribution is 2.17. The Kier molecular flexibility index (Phi) is 5.77. The van der Waals surface area contributed by atoms with Crippen LogP contribution in [0.3, 0.4) is 0 Å². The highest BCUT2D eigenvalue weighted by Gasteiger charge is 2.22. The van der Waals surface area contributed by atoms with Gasteiger partial charge in [0.05, 0.1) is 13.2 Å². The first-order valence-electron chi connectivity index (χ1n) is 5.79. The van der Waals surface area contributed by atoms with Crippen molar-refractivity contribution in [1.82, 2.24) is 9.55 Å². The normalized spacial score (nSPS) is 9.95. The lowest BCUT2D eigenvalue weighted by Gasteiger charge is -2.09. The first-order chi connectivity index (χ1) is 9.01. The number of ether oxygens (including phenoxy) is 1. The summed E-state index contributed by atoms with van der Waals surface area (Å²) in [6.45, 7) is 6.12. The Morgan fingerprint density at radius 1 is 1.58 bits per heavy atom. The predicted octanol–water partition coefficient (Wildman–Crippen LogP) is 2.29. The van der Waals surface area contributed by atoms with Crippen molar-refractivity contribution in [2.75, 3.05) is 6.61 Å². The van der Waals surface area contributed by atoms with Crippen molar-refractivity contribution in [3.63, 3.8) is 0 Å². The van der Waals surface area contributed by atoms with E-state index in [0.717, 1.165) is 0 Å². The van der Waals surface area contributed by atoms with E-state index in [9.17, 15) is 9.59 Å². The van der Waals surface area contributed by atoms with Crippen LogP contribution in [0.5, 0.6) is 0 Å². The van der Waals surface area contributed by atoms with Gasteiger partial charge in [-0.15, -0.1) is 5.92 Å². The van der Waals surface area contributed by atoms with Crippen molar-refractivity contribution < 1.29 is 14.3 Å². The third kappa shape index (κ3) is 3.93. The van der Waals surface area contributed by atoms with Gasteiger partial charge in [-0.3, -0.25) is 4.79 Å². The Labute approximate surface area is 120 Å². The van der Waals surface area contributed by atoms with Gasteiger partial charge in [0.2, 0.25) is 0 Å². The first kappa shape index (κ1) is 15.4. The quantitative estimate of drug-likeness (QED) is 0.473. The fraction of sp³-hybridized carbons (Fsp3) is 0.462. The van der Waals surface area contributed by atoms with Gasteiger partial charge < -0.3 is 9.30 Å². The molecule has 0 aliphatic heterocycles. The fourth-order valence-electron chi connectivity index (χ4n) is 1.35. The summed E-state index contributed by atoms with van der Waals surface area (Å²) in [5.41, 5.74) is 0.184. The Bertz CT molecular complexity index is 538. The second-order valence-corrected chi connectivity index (χ2v) is 4.95. The zero-order valence-electron chi connectivity index (χ0n) is 11.1. The van der Waals surface area contributed by atoms with Gasteiger partial charge in [-0.25, -0.2) is 9.78 Å². The summed E-state index contributed by atoms with van der Waals surface area (Å²) in [7, 11) is 0. The summed E-state index contributed by atoms with van der Waals surface area (Å²) in [6, 6.07) is 0. The number of halogens is 1. The molecular weight excluding hydrogens is 312 g/mol. The molecule has 102 valence electrons. The van der Waals surface area contributed by atoms with Crippen LogP contribution in [0.25, 0.3) is 0 Å². The molecule has 1 heterocycles. The van der Waals surface area contributed by atoms with Gasteiger partial charge in [0, 0.05) is 0 Å². The zero-order valence-corrected chi connectivity index (χ0v) is 12.7. The molecule has 0 bridgehead atoms. The van der Waals surface area contributed by atoms with Crippen LogP contribution in [0, 0.1) is 17.8 Å². The number of aldehydes is 1. The smallest absolute Gasteiger partial charge is 0.357 e. The molecular formula is C13H15BrN2O3. The van der Waals surface area contributed by atoms with Crippen LogP contribution in [0.15, 0.2) is 4.73 Å². The average molecular weight is 327 g/mol. The van der Waals surface area contributed by atoms with E-state index < -0.39 is 5.97 Å². The molecule has 0 fully saturated rings. The molecule has 0 aliphatic rings. The summed E-state index contributed by atoms with van der Waals surface area (Å²) >= 11 is 3.20. The van der Waals surface area contributed by atoms with Crippen LogP contribution in [0.4, 0.5) is 0 Å². The number of hydrogen-bond donors (Lipinski definition) is 0. The number of aromatic nitrogens is 2. The maximum atomic E-state index is 12.0. The molecule has 0 aliphatic carbocycles. The molecule has 0 spiro atoms. The van der Waals surface area contributed by atoms with E-state index in [1.165, 1.54) is 4.57 Å². The molecule has 0 saturated carbocycles. The third-order valence-electron chi connectivity index (χ3n) is 2.21. The second-order valence-electron chi connectivity index (χ2n) is 4.24. The van der Waals surface area contributed by atoms with E-state index >= 15 is 0 Å². The van der Waals surface area contributed by atoms with Crippen LogP contribution >= 0.6 is 15.9 Å². The maximum Gasteiger partial charge on any atom is 0.357 e. The molecule has 5 nitrogen and oxygen atoms in total. The zero-order chi connectivity index (χ0) is 14.4. The van der Waals surface area contributed by atoms with Crippen LogP contribution in [-0.4, -0.2) is 28.4 Å². The fourth-order valence-corrected chi connectivity index (χ4v) is 1.85. The van der Waals surface area contributed by atoms with Crippen LogP contribution < -0.4 is 0 Å². The van der Waals surface area contributed by atoms with Gasteiger partial charge in [0.15, 0.2) is 16.7 Å². The minimum Gasteiger partial charge on any atom is -0.461 e. The predicted molar refractivity (Wildman–Crippen MR) is 73.9 cm³/mol. The minimum absolute atomic E-state index is 0.0542. The van der Waals surface area contributed by atoms with Crippen LogP contribution in [0.1, 0.15) is 41.7 Å². The van der Waals surface area contributed by atoms with E-state index in [-0.39, 0.29) is 23.9 Å². The Hall–Kier alpha value is -1.61. The topological polar surface area (TPSA) is 61.2 Å². The van der Waals surface area contributed by atoms with Crippen molar-refractivity contribution >= 4 is 28.2 Å². The highest BCUT2D eigenvalue weighted by molar-refractivity contribution is 9.10. The van der Waals surface area contributed by atoms with E-state index in [0.29, 0.717) is 17.6 Å². The number of nitrogens with zero attached hydrogens (tertiary/aromatic N) is 2. The number of carbonyl (C=O) groups excluding carboxylic acids is 2. The van der Waals surface area contributed by atoms with E-state index in [1.807, 2.05) is 13.8 Å². The molecule has 1 aromatic heterocycles. The van der Waals surface area contributed by atoms with Crippen LogP contribution in [-0.2, 0) is 11.3 Å². The third-order valence-corrected chi connectivity index (χ3v) is 2.82. The lowest BCUT2D eigenvalue weighted by atomic mass is 10.2. The first-order valence-corrected chi connectivity index (χ1v) is 6.58. The molecule has 0 N–H and O–H groups in total. The lowest BCUT2D eigenvalue weighted by Crippen LogP contribution is -2.16. The molecule has 6 heteroatoms. The van der Waals surface area contributed by atoms with Gasteiger partial charge >= 0.3 is 5.97 Å². The average Bonchev–Trinajstić information content (AvgIpc) is 2.69. The Balaban J connectivity index is 3.10. The summed E-state index contributed by atoms with van der Waals surface area (Å²) in [6.07, 6.45) is 0.534. The summed E-state index contributed by atoms with van der Waals surface area (Å²) < 4.78 is 7.04. The Morgan fingerprint density at radius 3 is 2.79 bits per heavy atom. The molecule has 0 atom stereocenters. The van der Waals surface area contributed by atoms with Crippen molar-refractivity contribution in [1.29, 1.82) is 0 Å². The van der Waals surface area contributed by atoms with Gasteiger partial charge in [-0.1, -0.05) is 19.8 Å². The van der Waals surface area contributed by atoms with Gasteiger partial charge in [0.25, 0.3) is 0 Å². The largest absolute Gasteiger partial charge is 0.461 e. The van der Waals surface area contributed by atoms with Crippen molar-refractivity contribution in [2.45, 2.75) is 27.3 Å². The minimum atomic E-state index is -0.563. The lowest BCUT2D eigenvalue weighted by molar-refractivity contribution is 0.0445. The molecule has 1 rings (SSSR count). The van der Waals surface area contributed by atoms with E-state index in [1.54, 1.807) is 6.92 Å². The molecule has 0 unspecified atom stereocenters. The number of carbonyl (C=O) groups is 2. The van der Waals surface area contributed by atoms with E-state index in [2.05, 4.69) is 32.8 Å². The van der Waals surface area contributed by atoms with Gasteiger partial charge in [-0.2, -0.15) is 0 Å². The Morgan fingerprint density at radius 2 is 2.26 bits per heavy atom. The van der Waals surface area contributed by atoms with Crippen molar-refractivity contribution in [3.8, 4) is 11.8 Å². The van der Waals surface area contributed by atoms with Crippen molar-refractivity contribution in [3.05, 3.63) is 16.1 Å². The molecule has 1 aromatic rings. The van der Waals surface area contributed by atoms with E-state index in [4.69, 9.17) is 4.74 Å². The highest BCUT2D eigenvalue weighted by atomic mass is 79.9. The number of rotatable bonds is 5. The molecule has 0 radical (unpaired) electrons. The molecule has 0 amide bonds. The number of hydrogen-bond acceptors (Lipinski definition) is 4.